The molecule has 6 nitrogen and oxygen atoms in total. The molecule has 0 aliphatic heterocycles. The van der Waals surface area contributed by atoms with Crippen LogP contribution in [-0.2, 0) is 6.42 Å². The average Bonchev–Trinajstić information content (AvgIpc) is 2.93. The third-order valence-electron chi connectivity index (χ3n) is 7.16. The summed E-state index contributed by atoms with van der Waals surface area (Å²) in [5.41, 5.74) is 13.7. The van der Waals surface area contributed by atoms with E-state index in [2.05, 4.69) is 36.4 Å². The van der Waals surface area contributed by atoms with Crippen LogP contribution in [0.4, 0.5) is 0 Å². The number of fused-ring (bicyclic) bond motifs is 1. The van der Waals surface area contributed by atoms with Crippen LogP contribution in [0.15, 0.2) is 97.3 Å². The highest BCUT2D eigenvalue weighted by atomic mass is 16.5. The second-order valence-corrected chi connectivity index (χ2v) is 9.55. The van der Waals surface area contributed by atoms with E-state index in [0.29, 0.717) is 24.7 Å². The Bertz CT molecular complexity index is 1520. The summed E-state index contributed by atoms with van der Waals surface area (Å²) in [6.45, 7) is 0.468. The van der Waals surface area contributed by atoms with Crippen molar-refractivity contribution in [3.63, 3.8) is 0 Å². The third kappa shape index (κ3) is 4.76. The smallest absolute Gasteiger partial charge is 0.180 e. The first-order chi connectivity index (χ1) is 18.2. The van der Waals surface area contributed by atoms with E-state index >= 15 is 0 Å². The van der Waals surface area contributed by atoms with Gasteiger partial charge in [-0.05, 0) is 42.0 Å². The van der Waals surface area contributed by atoms with Crippen LogP contribution < -0.4 is 15.2 Å². The minimum atomic E-state index is 0.253. The van der Waals surface area contributed by atoms with Crippen LogP contribution >= 0.6 is 0 Å². The Morgan fingerprint density at radius 2 is 1.54 bits per heavy atom. The summed E-state index contributed by atoms with van der Waals surface area (Å²) in [6.07, 6.45) is 5.92. The lowest BCUT2D eigenvalue weighted by Gasteiger charge is -2.34. The summed E-state index contributed by atoms with van der Waals surface area (Å²) in [6, 6.07) is 28.5. The van der Waals surface area contributed by atoms with Crippen LogP contribution in [0, 0.1) is 5.21 Å². The number of pyridine rings is 1. The van der Waals surface area contributed by atoms with Gasteiger partial charge in [0.1, 0.15) is 11.3 Å². The average molecular weight is 489 g/mol. The van der Waals surface area contributed by atoms with Crippen LogP contribution in [0.3, 0.4) is 0 Å². The van der Waals surface area contributed by atoms with Crippen LogP contribution in [0.2, 0.25) is 0 Å². The zero-order chi connectivity index (χ0) is 25.2. The molecule has 2 aromatic heterocycles. The largest absolute Gasteiger partial charge is 0.619 e. The number of aromatic nitrogens is 3. The molecule has 37 heavy (non-hydrogen) atoms. The lowest BCUT2D eigenvalue weighted by atomic mass is 9.75. The zero-order valence-corrected chi connectivity index (χ0v) is 20.5. The molecule has 2 unspecified atom stereocenters. The molecule has 1 fully saturated rings. The second kappa shape index (κ2) is 9.99. The first-order valence-corrected chi connectivity index (χ1v) is 12.7. The molecule has 0 radical (unpaired) electrons. The Balaban J connectivity index is 1.37. The monoisotopic (exact) mass is 488 g/mol. The van der Waals surface area contributed by atoms with Gasteiger partial charge in [0.15, 0.2) is 12.4 Å². The molecule has 2 atom stereocenters. The van der Waals surface area contributed by atoms with Gasteiger partial charge in [-0.2, -0.15) is 4.73 Å². The lowest BCUT2D eigenvalue weighted by molar-refractivity contribution is -0.605. The van der Waals surface area contributed by atoms with E-state index in [1.807, 2.05) is 48.5 Å². The minimum absolute atomic E-state index is 0.253. The van der Waals surface area contributed by atoms with Crippen molar-refractivity contribution in [2.45, 2.75) is 31.2 Å². The number of nitrogens with two attached hydrogens (primary N) is 1. The summed E-state index contributed by atoms with van der Waals surface area (Å²) in [5.74, 6) is 1.13. The minimum Gasteiger partial charge on any atom is -0.619 e. The maximum absolute atomic E-state index is 11.3. The highest BCUT2D eigenvalue weighted by Crippen LogP contribution is 2.38. The number of hydrogen-bond donors (Lipinski definition) is 1. The van der Waals surface area contributed by atoms with Crippen molar-refractivity contribution < 1.29 is 9.47 Å². The number of hydrogen-bond acceptors (Lipinski definition) is 5. The molecule has 2 N–H and O–H groups in total. The van der Waals surface area contributed by atoms with Crippen LogP contribution in [0.1, 0.15) is 29.9 Å². The fourth-order valence-corrected chi connectivity index (χ4v) is 4.88. The molecule has 3 aromatic carbocycles. The first kappa shape index (κ1) is 23.1. The number of rotatable bonds is 7. The molecular weight excluding hydrogens is 460 g/mol. The van der Waals surface area contributed by atoms with Gasteiger partial charge >= 0.3 is 0 Å². The highest BCUT2D eigenvalue weighted by molar-refractivity contribution is 5.89. The first-order valence-electron chi connectivity index (χ1n) is 12.7. The highest BCUT2D eigenvalue weighted by Gasteiger charge is 2.28. The molecule has 6 heteroatoms. The van der Waals surface area contributed by atoms with Gasteiger partial charge in [0.05, 0.1) is 23.5 Å². The number of ether oxygens (including phenoxy) is 1. The van der Waals surface area contributed by atoms with Gasteiger partial charge in [-0.15, -0.1) is 0 Å². The SMILES string of the molecule is NC1CCC1c1ccc(-c2nc3c(OCCc4cc[n+]([O-])cc4)cccc3nc2-c2ccccc2)cc1. The Labute approximate surface area is 216 Å². The van der Waals surface area contributed by atoms with Crippen molar-refractivity contribution in [2.24, 2.45) is 5.73 Å². The van der Waals surface area contributed by atoms with Crippen LogP contribution in [-0.4, -0.2) is 22.6 Å². The fraction of sp³-hybridized carbons (Fsp3) is 0.194. The summed E-state index contributed by atoms with van der Waals surface area (Å²) >= 11 is 0. The molecule has 0 saturated heterocycles. The van der Waals surface area contributed by atoms with Gasteiger partial charge in [0, 0.05) is 35.7 Å². The molecular formula is C31H28N4O2. The maximum atomic E-state index is 11.3. The molecule has 184 valence electrons. The summed E-state index contributed by atoms with van der Waals surface area (Å²) < 4.78 is 6.95. The lowest BCUT2D eigenvalue weighted by Crippen LogP contribution is -2.37. The van der Waals surface area contributed by atoms with Gasteiger partial charge in [-0.3, -0.25) is 0 Å². The van der Waals surface area contributed by atoms with E-state index in [-0.39, 0.29) is 6.04 Å². The van der Waals surface area contributed by atoms with Crippen molar-refractivity contribution >= 4 is 11.0 Å². The van der Waals surface area contributed by atoms with Gasteiger partial charge in [-0.25, -0.2) is 9.97 Å². The van der Waals surface area contributed by atoms with Crippen molar-refractivity contribution in [3.8, 4) is 28.3 Å². The van der Waals surface area contributed by atoms with Crippen LogP contribution in [0.25, 0.3) is 33.5 Å². The Kier molecular flexibility index (Phi) is 6.25. The molecule has 2 heterocycles. The predicted molar refractivity (Wildman–Crippen MR) is 145 cm³/mol. The normalized spacial score (nSPS) is 16.9. The van der Waals surface area contributed by atoms with Crippen molar-refractivity contribution in [3.05, 3.63) is 114 Å². The van der Waals surface area contributed by atoms with Gasteiger partial charge in [0.2, 0.25) is 0 Å². The van der Waals surface area contributed by atoms with Gasteiger partial charge in [-0.1, -0.05) is 60.7 Å². The maximum Gasteiger partial charge on any atom is 0.180 e. The molecule has 1 saturated carbocycles. The number of nitrogens with zero attached hydrogens (tertiary/aromatic N) is 3. The number of benzene rings is 3. The third-order valence-corrected chi connectivity index (χ3v) is 7.16. The zero-order valence-electron chi connectivity index (χ0n) is 20.5. The molecule has 1 aliphatic rings. The predicted octanol–water partition coefficient (Wildman–Crippen LogP) is 5.42. The molecule has 0 bridgehead atoms. The fourth-order valence-electron chi connectivity index (χ4n) is 4.88. The summed E-state index contributed by atoms with van der Waals surface area (Å²) in [5, 5.41) is 11.3. The number of para-hydroxylation sites is 1. The van der Waals surface area contributed by atoms with E-state index in [4.69, 9.17) is 20.4 Å². The summed E-state index contributed by atoms with van der Waals surface area (Å²) in [7, 11) is 0. The Morgan fingerprint density at radius 3 is 2.24 bits per heavy atom. The summed E-state index contributed by atoms with van der Waals surface area (Å²) in [4.78, 5) is 10.2. The topological polar surface area (TPSA) is 88.0 Å². The van der Waals surface area contributed by atoms with E-state index in [0.717, 1.165) is 56.7 Å². The molecule has 5 aromatic rings. The quantitative estimate of drug-likeness (QED) is 0.244. The van der Waals surface area contributed by atoms with Crippen molar-refractivity contribution in [2.75, 3.05) is 6.61 Å². The van der Waals surface area contributed by atoms with Crippen molar-refractivity contribution in [1.29, 1.82) is 0 Å². The van der Waals surface area contributed by atoms with E-state index < -0.39 is 0 Å². The van der Waals surface area contributed by atoms with E-state index in [9.17, 15) is 5.21 Å². The van der Waals surface area contributed by atoms with Gasteiger partial charge < -0.3 is 15.7 Å². The van der Waals surface area contributed by atoms with E-state index in [1.165, 1.54) is 18.0 Å². The molecule has 0 amide bonds. The Hall–Kier alpha value is -4.29. The molecule has 6 rings (SSSR count). The molecule has 1 aliphatic carbocycles. The Morgan fingerprint density at radius 1 is 0.811 bits per heavy atom. The van der Waals surface area contributed by atoms with E-state index in [1.54, 1.807) is 0 Å². The van der Waals surface area contributed by atoms with Crippen LogP contribution in [0.5, 0.6) is 5.75 Å². The van der Waals surface area contributed by atoms with Gasteiger partial charge in [0.25, 0.3) is 0 Å². The second-order valence-electron chi connectivity index (χ2n) is 9.55. The molecule has 0 spiro atoms. The van der Waals surface area contributed by atoms with Crippen molar-refractivity contribution in [1.82, 2.24) is 9.97 Å². The standard InChI is InChI=1S/C31H28N4O2/c32-26-14-13-25(26)22-9-11-24(12-10-22)30-29(23-5-2-1-3-6-23)33-27-7-4-8-28(31(27)34-30)37-20-17-21-15-18-35(36)19-16-21/h1-12,15-16,18-19,25-26H,13-14,17,20,32H2.